The fraction of sp³-hybridized carbons (Fsp3) is 0.125. The second-order valence-electron chi connectivity index (χ2n) is 2.30. The van der Waals surface area contributed by atoms with Crippen molar-refractivity contribution in [3.8, 4) is 10.6 Å². The molecule has 0 aliphatic carbocycles. The number of aliphatic hydroxyl groups is 1. The van der Waals surface area contributed by atoms with Gasteiger partial charge in [0.05, 0.1) is 11.5 Å². The number of aromatic nitrogens is 1. The average Bonchev–Trinajstić information content (AvgIpc) is 2.75. The summed E-state index contributed by atoms with van der Waals surface area (Å²) in [4.78, 5) is 5.11. The lowest BCUT2D eigenvalue weighted by Crippen LogP contribution is -1.70. The Morgan fingerprint density at radius 1 is 1.50 bits per heavy atom. The molecule has 0 amide bonds. The Hall–Kier alpha value is -0.710. The minimum atomic E-state index is 0.0851. The summed E-state index contributed by atoms with van der Waals surface area (Å²) in [5.41, 5.74) is 1.14. The highest BCUT2D eigenvalue weighted by atomic mass is 32.1. The fourth-order valence-corrected chi connectivity index (χ4v) is 2.38. The maximum atomic E-state index is 8.82. The highest BCUT2D eigenvalue weighted by Gasteiger charge is 2.03. The Labute approximate surface area is 78.1 Å². The quantitative estimate of drug-likeness (QED) is 0.801. The van der Waals surface area contributed by atoms with Gasteiger partial charge in [-0.05, 0) is 11.4 Å². The first kappa shape index (κ1) is 7.91. The second-order valence-corrected chi connectivity index (χ2v) is 4.20. The van der Waals surface area contributed by atoms with Crippen LogP contribution in [0.2, 0.25) is 0 Å². The normalized spacial score (nSPS) is 10.4. The van der Waals surface area contributed by atoms with Crippen molar-refractivity contribution in [2.45, 2.75) is 6.61 Å². The van der Waals surface area contributed by atoms with Crippen LogP contribution in [0, 0.1) is 0 Å². The summed E-state index contributed by atoms with van der Waals surface area (Å²) in [6.07, 6.45) is 1.72. The summed E-state index contributed by atoms with van der Waals surface area (Å²) in [5.74, 6) is 0. The Bertz CT molecular complexity index is 353. The van der Waals surface area contributed by atoms with Gasteiger partial charge in [-0.25, -0.2) is 4.98 Å². The predicted molar refractivity (Wildman–Crippen MR) is 51.3 cm³/mol. The lowest BCUT2D eigenvalue weighted by Gasteiger charge is -1.85. The van der Waals surface area contributed by atoms with Gasteiger partial charge in [0.15, 0.2) is 0 Å². The molecule has 0 bridgehead atoms. The molecule has 2 aromatic heterocycles. The van der Waals surface area contributed by atoms with Crippen molar-refractivity contribution < 1.29 is 5.11 Å². The number of nitrogens with zero attached hydrogens (tertiary/aromatic N) is 1. The summed E-state index contributed by atoms with van der Waals surface area (Å²) < 4.78 is 0. The maximum absolute atomic E-state index is 8.82. The van der Waals surface area contributed by atoms with Crippen molar-refractivity contribution in [2.75, 3.05) is 0 Å². The molecule has 0 spiro atoms. The molecule has 0 saturated heterocycles. The summed E-state index contributed by atoms with van der Waals surface area (Å²) in [6.45, 7) is 0.0851. The molecule has 4 heteroatoms. The minimum Gasteiger partial charge on any atom is -0.391 e. The first-order chi connectivity index (χ1) is 5.90. The van der Waals surface area contributed by atoms with Crippen LogP contribution < -0.4 is 0 Å². The zero-order valence-electron chi connectivity index (χ0n) is 6.23. The van der Waals surface area contributed by atoms with Gasteiger partial charge in [-0.1, -0.05) is 0 Å². The molecule has 62 valence electrons. The van der Waals surface area contributed by atoms with Gasteiger partial charge >= 0.3 is 0 Å². The number of hydrogen-bond donors (Lipinski definition) is 1. The van der Waals surface area contributed by atoms with E-state index in [-0.39, 0.29) is 6.61 Å². The van der Waals surface area contributed by atoms with Crippen LogP contribution in [-0.4, -0.2) is 10.1 Å². The van der Waals surface area contributed by atoms with Gasteiger partial charge in [-0.2, -0.15) is 11.3 Å². The minimum absolute atomic E-state index is 0.0851. The van der Waals surface area contributed by atoms with Crippen LogP contribution in [0.3, 0.4) is 0 Å². The smallest absolute Gasteiger partial charge is 0.124 e. The zero-order chi connectivity index (χ0) is 8.39. The molecule has 2 heterocycles. The number of aliphatic hydroxyl groups excluding tert-OH is 1. The standard InChI is InChI=1S/C8H7NOS2/c10-4-7-3-9-8(12-7)6-1-2-11-5-6/h1-3,5,10H,4H2. The van der Waals surface area contributed by atoms with Crippen LogP contribution >= 0.6 is 22.7 Å². The first-order valence-electron chi connectivity index (χ1n) is 3.48. The Balaban J connectivity index is 2.35. The van der Waals surface area contributed by atoms with Crippen molar-refractivity contribution in [1.82, 2.24) is 4.98 Å². The van der Waals surface area contributed by atoms with Gasteiger partial charge < -0.3 is 5.11 Å². The Morgan fingerprint density at radius 3 is 3.00 bits per heavy atom. The molecule has 0 aliphatic heterocycles. The molecule has 1 N–H and O–H groups in total. The van der Waals surface area contributed by atoms with E-state index in [1.54, 1.807) is 17.5 Å². The van der Waals surface area contributed by atoms with Gasteiger partial charge in [0.25, 0.3) is 0 Å². The molecule has 2 nitrogen and oxygen atoms in total. The average molecular weight is 197 g/mol. The third-order valence-electron chi connectivity index (χ3n) is 1.48. The number of rotatable bonds is 2. The number of hydrogen-bond acceptors (Lipinski definition) is 4. The topological polar surface area (TPSA) is 33.1 Å². The van der Waals surface area contributed by atoms with E-state index in [1.807, 2.05) is 11.4 Å². The molecule has 0 saturated carbocycles. The van der Waals surface area contributed by atoms with E-state index < -0.39 is 0 Å². The van der Waals surface area contributed by atoms with Crippen molar-refractivity contribution in [1.29, 1.82) is 0 Å². The van der Waals surface area contributed by atoms with Gasteiger partial charge in [-0.15, -0.1) is 11.3 Å². The maximum Gasteiger partial charge on any atom is 0.124 e. The number of thiazole rings is 1. The van der Waals surface area contributed by atoms with Crippen LogP contribution in [0.15, 0.2) is 23.0 Å². The molecule has 0 radical (unpaired) electrons. The third kappa shape index (κ3) is 1.41. The van der Waals surface area contributed by atoms with E-state index in [9.17, 15) is 0 Å². The molecule has 0 aliphatic rings. The highest BCUT2D eigenvalue weighted by Crippen LogP contribution is 2.26. The lowest BCUT2D eigenvalue weighted by atomic mass is 10.4. The molecular weight excluding hydrogens is 190 g/mol. The molecule has 0 aromatic carbocycles. The monoisotopic (exact) mass is 197 g/mol. The van der Waals surface area contributed by atoms with Gasteiger partial charge in [0, 0.05) is 17.1 Å². The van der Waals surface area contributed by atoms with E-state index in [2.05, 4.69) is 10.4 Å². The zero-order valence-corrected chi connectivity index (χ0v) is 7.86. The third-order valence-corrected chi connectivity index (χ3v) is 3.19. The van der Waals surface area contributed by atoms with E-state index >= 15 is 0 Å². The summed E-state index contributed by atoms with van der Waals surface area (Å²) in [5, 5.41) is 13.9. The molecular formula is C8H7NOS2. The SMILES string of the molecule is OCc1cnc(-c2ccsc2)s1. The van der Waals surface area contributed by atoms with Gasteiger partial charge in [0.2, 0.25) is 0 Å². The number of thiophene rings is 1. The Kier molecular flexibility index (Phi) is 2.21. The molecule has 2 aromatic rings. The fourth-order valence-electron chi connectivity index (χ4n) is 0.900. The molecule has 0 atom stereocenters. The molecule has 0 unspecified atom stereocenters. The molecule has 0 fully saturated rings. The van der Waals surface area contributed by atoms with E-state index in [0.717, 1.165) is 15.4 Å². The van der Waals surface area contributed by atoms with Gasteiger partial charge in [0.1, 0.15) is 5.01 Å². The summed E-state index contributed by atoms with van der Waals surface area (Å²) in [7, 11) is 0. The van der Waals surface area contributed by atoms with Crippen LogP contribution in [0.5, 0.6) is 0 Å². The van der Waals surface area contributed by atoms with Crippen molar-refractivity contribution >= 4 is 22.7 Å². The summed E-state index contributed by atoms with van der Waals surface area (Å²) in [6, 6.07) is 2.03. The van der Waals surface area contributed by atoms with Crippen LogP contribution in [0.4, 0.5) is 0 Å². The molecule has 2 rings (SSSR count). The molecule has 12 heavy (non-hydrogen) atoms. The van der Waals surface area contributed by atoms with E-state index in [4.69, 9.17) is 5.11 Å². The van der Waals surface area contributed by atoms with Gasteiger partial charge in [-0.3, -0.25) is 0 Å². The van der Waals surface area contributed by atoms with Crippen LogP contribution in [-0.2, 0) is 6.61 Å². The van der Waals surface area contributed by atoms with Crippen LogP contribution in [0.25, 0.3) is 10.6 Å². The van der Waals surface area contributed by atoms with Crippen LogP contribution in [0.1, 0.15) is 4.88 Å². The Morgan fingerprint density at radius 2 is 2.42 bits per heavy atom. The van der Waals surface area contributed by atoms with Crippen molar-refractivity contribution in [3.63, 3.8) is 0 Å². The highest BCUT2D eigenvalue weighted by molar-refractivity contribution is 7.15. The second kappa shape index (κ2) is 3.35. The lowest BCUT2D eigenvalue weighted by molar-refractivity contribution is 0.285. The van der Waals surface area contributed by atoms with E-state index in [1.165, 1.54) is 11.3 Å². The van der Waals surface area contributed by atoms with Crippen molar-refractivity contribution in [3.05, 3.63) is 27.9 Å². The largest absolute Gasteiger partial charge is 0.391 e. The van der Waals surface area contributed by atoms with Crippen molar-refractivity contribution in [2.24, 2.45) is 0 Å². The van der Waals surface area contributed by atoms with E-state index in [0.29, 0.717) is 0 Å². The first-order valence-corrected chi connectivity index (χ1v) is 5.24. The summed E-state index contributed by atoms with van der Waals surface area (Å²) >= 11 is 3.19. The predicted octanol–water partition coefficient (Wildman–Crippen LogP) is 2.36.